The predicted molar refractivity (Wildman–Crippen MR) is 58.3 cm³/mol. The summed E-state index contributed by atoms with van der Waals surface area (Å²) in [7, 11) is 0. The number of halogens is 2. The fraction of sp³-hybridized carbons (Fsp3) is 0.500. The summed E-state index contributed by atoms with van der Waals surface area (Å²) in [6.45, 7) is 0.476. The number of hydrogen-bond donors (Lipinski definition) is 0. The van der Waals surface area contributed by atoms with Gasteiger partial charge in [-0.15, -0.1) is 0 Å². The van der Waals surface area contributed by atoms with Crippen molar-refractivity contribution in [3.05, 3.63) is 30.1 Å². The minimum absolute atomic E-state index is 0.183. The second kappa shape index (κ2) is 4.76. The fourth-order valence-corrected chi connectivity index (χ4v) is 1.98. The largest absolute Gasteiger partial charge is 0.283 e. The van der Waals surface area contributed by atoms with E-state index >= 15 is 0 Å². The molecule has 17 heavy (non-hydrogen) atoms. The molecular weight excluding hydrogens is 224 g/mol. The number of pyridine rings is 1. The molecule has 5 heteroatoms. The molecule has 1 atom stereocenters. The molecule has 0 aromatic carbocycles. The average Bonchev–Trinajstić information content (AvgIpc) is 2.33. The van der Waals surface area contributed by atoms with Crippen LogP contribution in [0.3, 0.4) is 0 Å². The molecule has 1 aromatic heterocycles. The average molecular weight is 237 g/mol. The molecule has 3 nitrogen and oxygen atoms in total. The molecular formula is C12H13F2N3. The van der Waals surface area contributed by atoms with Crippen LogP contribution in [0.25, 0.3) is 0 Å². The van der Waals surface area contributed by atoms with Crippen molar-refractivity contribution >= 4 is 0 Å². The third kappa shape index (κ3) is 2.77. The number of piperidine rings is 1. The van der Waals surface area contributed by atoms with Crippen LogP contribution in [0.1, 0.15) is 24.6 Å². The Morgan fingerprint density at radius 3 is 2.59 bits per heavy atom. The first-order valence-corrected chi connectivity index (χ1v) is 5.55. The molecule has 0 N–H and O–H groups in total. The monoisotopic (exact) mass is 237 g/mol. The molecule has 0 spiro atoms. The minimum Gasteiger partial charge on any atom is -0.283 e. The van der Waals surface area contributed by atoms with Crippen molar-refractivity contribution in [2.24, 2.45) is 0 Å². The summed E-state index contributed by atoms with van der Waals surface area (Å²) in [5.74, 6) is -2.58. The summed E-state index contributed by atoms with van der Waals surface area (Å²) in [5.41, 5.74) is 0.625. The highest BCUT2D eigenvalue weighted by molar-refractivity contribution is 5.16. The summed E-state index contributed by atoms with van der Waals surface area (Å²) in [6.07, 6.45) is 1.24. The Bertz CT molecular complexity index is 404. The molecule has 2 heterocycles. The van der Waals surface area contributed by atoms with Crippen LogP contribution in [-0.2, 0) is 0 Å². The Morgan fingerprint density at radius 2 is 2.06 bits per heavy atom. The molecule has 0 amide bonds. The lowest BCUT2D eigenvalue weighted by Crippen LogP contribution is -2.41. The van der Waals surface area contributed by atoms with E-state index in [4.69, 9.17) is 5.26 Å². The number of hydrogen-bond acceptors (Lipinski definition) is 3. The van der Waals surface area contributed by atoms with Crippen LogP contribution in [0.2, 0.25) is 0 Å². The Morgan fingerprint density at radius 1 is 1.35 bits per heavy atom. The number of likely N-dealkylation sites (tertiary alicyclic amines) is 1. The van der Waals surface area contributed by atoms with Crippen LogP contribution in [0.15, 0.2) is 24.4 Å². The Labute approximate surface area is 98.7 Å². The van der Waals surface area contributed by atoms with Crippen molar-refractivity contribution in [3.8, 4) is 6.07 Å². The topological polar surface area (TPSA) is 39.9 Å². The van der Waals surface area contributed by atoms with E-state index in [1.807, 2.05) is 0 Å². The quantitative estimate of drug-likeness (QED) is 0.792. The smallest absolute Gasteiger partial charge is 0.250 e. The normalized spacial score (nSPS) is 21.7. The number of aromatic nitrogens is 1. The Balaban J connectivity index is 2.09. The van der Waals surface area contributed by atoms with E-state index in [1.54, 1.807) is 29.3 Å². The number of nitriles is 1. The van der Waals surface area contributed by atoms with Crippen molar-refractivity contribution in [2.75, 3.05) is 13.1 Å². The zero-order valence-electron chi connectivity index (χ0n) is 9.31. The maximum absolute atomic E-state index is 13.0. The van der Waals surface area contributed by atoms with Gasteiger partial charge < -0.3 is 0 Å². The Hall–Kier alpha value is -1.54. The van der Waals surface area contributed by atoms with Crippen molar-refractivity contribution in [1.29, 1.82) is 5.26 Å². The van der Waals surface area contributed by atoms with Gasteiger partial charge >= 0.3 is 0 Å². The standard InChI is InChI=1S/C12H13F2N3/c13-12(14)4-7-17(8-5-12)11(9-15)10-3-1-2-6-16-10/h1-3,6,11H,4-5,7-8H2. The van der Waals surface area contributed by atoms with Crippen molar-refractivity contribution < 1.29 is 8.78 Å². The highest BCUT2D eigenvalue weighted by Crippen LogP contribution is 2.31. The van der Waals surface area contributed by atoms with E-state index in [-0.39, 0.29) is 25.9 Å². The third-order valence-corrected chi connectivity index (χ3v) is 2.98. The van der Waals surface area contributed by atoms with Gasteiger partial charge in [0, 0.05) is 32.1 Å². The number of rotatable bonds is 2. The fourth-order valence-electron chi connectivity index (χ4n) is 1.98. The predicted octanol–water partition coefficient (Wildman–Crippen LogP) is 2.38. The third-order valence-electron chi connectivity index (χ3n) is 2.98. The van der Waals surface area contributed by atoms with Gasteiger partial charge in [-0.1, -0.05) is 6.07 Å². The van der Waals surface area contributed by atoms with Crippen LogP contribution in [0.4, 0.5) is 8.78 Å². The van der Waals surface area contributed by atoms with Crippen LogP contribution >= 0.6 is 0 Å². The highest BCUT2D eigenvalue weighted by Gasteiger charge is 2.36. The van der Waals surface area contributed by atoms with Gasteiger partial charge in [-0.2, -0.15) is 5.26 Å². The van der Waals surface area contributed by atoms with Crippen LogP contribution in [-0.4, -0.2) is 28.9 Å². The molecule has 90 valence electrons. The van der Waals surface area contributed by atoms with Gasteiger partial charge in [0.25, 0.3) is 5.92 Å². The first-order valence-electron chi connectivity index (χ1n) is 5.55. The zero-order valence-corrected chi connectivity index (χ0v) is 9.31. The van der Waals surface area contributed by atoms with Crippen molar-refractivity contribution in [2.45, 2.75) is 24.8 Å². The van der Waals surface area contributed by atoms with Crippen LogP contribution < -0.4 is 0 Å². The number of nitrogens with zero attached hydrogens (tertiary/aromatic N) is 3. The van der Waals surface area contributed by atoms with E-state index in [0.29, 0.717) is 5.69 Å². The van der Waals surface area contributed by atoms with Crippen LogP contribution in [0, 0.1) is 11.3 Å². The van der Waals surface area contributed by atoms with Gasteiger partial charge in [0.15, 0.2) is 0 Å². The lowest BCUT2D eigenvalue weighted by atomic mass is 10.0. The lowest BCUT2D eigenvalue weighted by molar-refractivity contribution is -0.0597. The maximum atomic E-state index is 13.0. The van der Waals surface area contributed by atoms with Crippen molar-refractivity contribution in [1.82, 2.24) is 9.88 Å². The van der Waals surface area contributed by atoms with E-state index in [9.17, 15) is 8.78 Å². The first-order chi connectivity index (χ1) is 8.12. The Kier molecular flexibility index (Phi) is 3.34. The van der Waals surface area contributed by atoms with Gasteiger partial charge in [0.1, 0.15) is 6.04 Å². The molecule has 1 saturated heterocycles. The highest BCUT2D eigenvalue weighted by atomic mass is 19.3. The molecule has 0 radical (unpaired) electrons. The molecule has 1 unspecified atom stereocenters. The van der Waals surface area contributed by atoms with Gasteiger partial charge in [-0.05, 0) is 12.1 Å². The second-order valence-corrected chi connectivity index (χ2v) is 4.18. The molecule has 2 rings (SSSR count). The zero-order chi connectivity index (χ0) is 12.3. The van der Waals surface area contributed by atoms with E-state index in [2.05, 4.69) is 11.1 Å². The minimum atomic E-state index is -2.58. The molecule has 0 aliphatic carbocycles. The molecule has 1 aromatic rings. The summed E-state index contributed by atoms with van der Waals surface area (Å²) in [4.78, 5) is 5.87. The first kappa shape index (κ1) is 11.9. The summed E-state index contributed by atoms with van der Waals surface area (Å²) < 4.78 is 26.0. The SMILES string of the molecule is N#CC(c1ccccn1)N1CCC(F)(F)CC1. The molecule has 0 saturated carbocycles. The van der Waals surface area contributed by atoms with Crippen LogP contribution in [0.5, 0.6) is 0 Å². The summed E-state index contributed by atoms with van der Waals surface area (Å²) >= 11 is 0. The van der Waals surface area contributed by atoms with Gasteiger partial charge in [-0.25, -0.2) is 8.78 Å². The molecule has 1 fully saturated rings. The van der Waals surface area contributed by atoms with E-state index in [0.717, 1.165) is 0 Å². The lowest BCUT2D eigenvalue weighted by Gasteiger charge is -2.34. The summed E-state index contributed by atoms with van der Waals surface area (Å²) in [5, 5.41) is 9.14. The molecule has 0 bridgehead atoms. The molecule has 1 aliphatic heterocycles. The van der Waals surface area contributed by atoms with Gasteiger partial charge in [0.05, 0.1) is 11.8 Å². The van der Waals surface area contributed by atoms with Gasteiger partial charge in [0.2, 0.25) is 0 Å². The maximum Gasteiger partial charge on any atom is 0.250 e. The molecule has 1 aliphatic rings. The van der Waals surface area contributed by atoms with Crippen molar-refractivity contribution in [3.63, 3.8) is 0 Å². The van der Waals surface area contributed by atoms with E-state index < -0.39 is 12.0 Å². The number of alkyl halides is 2. The van der Waals surface area contributed by atoms with Gasteiger partial charge in [-0.3, -0.25) is 9.88 Å². The second-order valence-electron chi connectivity index (χ2n) is 4.18. The van der Waals surface area contributed by atoms with E-state index in [1.165, 1.54) is 0 Å². The summed E-state index contributed by atoms with van der Waals surface area (Å²) in [6, 6.07) is 6.93.